The molecule has 0 atom stereocenters. The third-order valence-corrected chi connectivity index (χ3v) is 3.97. The van der Waals surface area contributed by atoms with Crippen LogP contribution in [0.25, 0.3) is 0 Å². The van der Waals surface area contributed by atoms with Gasteiger partial charge in [-0.05, 0) is 73.5 Å². The van der Waals surface area contributed by atoms with Crippen molar-refractivity contribution < 1.29 is 19.1 Å². The Labute approximate surface area is 162 Å². The zero-order valence-corrected chi connectivity index (χ0v) is 15.4. The maximum absolute atomic E-state index is 12.6. The molecule has 0 radical (unpaired) electrons. The van der Waals surface area contributed by atoms with Crippen LogP contribution in [0.15, 0.2) is 66.7 Å². The highest BCUT2D eigenvalue weighted by molar-refractivity contribution is 6.04. The molecule has 0 aliphatic rings. The molecule has 0 saturated carbocycles. The highest BCUT2D eigenvalue weighted by Crippen LogP contribution is 2.20. The van der Waals surface area contributed by atoms with Crippen LogP contribution in [0.1, 0.15) is 37.4 Å². The van der Waals surface area contributed by atoms with E-state index in [9.17, 15) is 9.59 Å². The normalized spacial score (nSPS) is 10.0. The highest BCUT2D eigenvalue weighted by atomic mass is 16.5. The van der Waals surface area contributed by atoms with E-state index in [2.05, 4.69) is 0 Å². The summed E-state index contributed by atoms with van der Waals surface area (Å²) < 4.78 is 10.8. The fourth-order valence-electron chi connectivity index (χ4n) is 2.75. The van der Waals surface area contributed by atoms with Crippen molar-refractivity contribution in [1.29, 1.82) is 5.26 Å². The van der Waals surface area contributed by atoms with Crippen LogP contribution < -0.4 is 9.47 Å². The summed E-state index contributed by atoms with van der Waals surface area (Å²) >= 11 is 0. The van der Waals surface area contributed by atoms with Gasteiger partial charge in [0.1, 0.15) is 11.5 Å². The first-order chi connectivity index (χ1) is 13.5. The number of carbonyl (C=O) groups is 2. The Hall–Kier alpha value is -3.91. The average molecular weight is 371 g/mol. The van der Waals surface area contributed by atoms with Crippen molar-refractivity contribution in [2.24, 2.45) is 0 Å². The Morgan fingerprint density at radius 2 is 1.25 bits per heavy atom. The van der Waals surface area contributed by atoms with Crippen LogP contribution in [0.3, 0.4) is 0 Å². The number of aryl methyl sites for hydroxylation is 2. The summed E-state index contributed by atoms with van der Waals surface area (Å²) in [7, 11) is 0. The second-order valence-electron chi connectivity index (χ2n) is 6.28. The lowest BCUT2D eigenvalue weighted by atomic mass is 10.1. The van der Waals surface area contributed by atoms with E-state index in [1.54, 1.807) is 36.4 Å². The fraction of sp³-hybridized carbons (Fsp3) is 0.0870. The number of nitrogens with zero attached hydrogens (tertiary/aromatic N) is 1. The minimum atomic E-state index is -0.683. The summed E-state index contributed by atoms with van der Waals surface area (Å²) in [6.45, 7) is 3.82. The van der Waals surface area contributed by atoms with E-state index in [1.165, 1.54) is 24.3 Å². The van der Waals surface area contributed by atoms with Crippen molar-refractivity contribution >= 4 is 11.9 Å². The molecule has 0 unspecified atom stereocenters. The molecule has 0 N–H and O–H groups in total. The number of ether oxygens (including phenoxy) is 2. The van der Waals surface area contributed by atoms with E-state index >= 15 is 0 Å². The van der Waals surface area contributed by atoms with E-state index in [1.807, 2.05) is 26.0 Å². The van der Waals surface area contributed by atoms with Gasteiger partial charge in [-0.3, -0.25) is 0 Å². The number of nitriles is 1. The summed E-state index contributed by atoms with van der Waals surface area (Å²) in [6, 6.07) is 19.9. The van der Waals surface area contributed by atoms with Crippen molar-refractivity contribution in [3.63, 3.8) is 0 Å². The smallest absolute Gasteiger partial charge is 0.344 e. The van der Waals surface area contributed by atoms with E-state index in [-0.39, 0.29) is 16.9 Å². The van der Waals surface area contributed by atoms with Gasteiger partial charge < -0.3 is 9.47 Å². The lowest BCUT2D eigenvalue weighted by Gasteiger charge is -2.10. The van der Waals surface area contributed by atoms with E-state index in [4.69, 9.17) is 14.7 Å². The monoisotopic (exact) mass is 371 g/mol. The molecule has 0 aromatic heterocycles. The van der Waals surface area contributed by atoms with Crippen LogP contribution in [0, 0.1) is 25.2 Å². The topological polar surface area (TPSA) is 76.4 Å². The molecule has 0 fully saturated rings. The molecule has 0 amide bonds. The van der Waals surface area contributed by atoms with Crippen LogP contribution in [0.2, 0.25) is 0 Å². The number of esters is 2. The molecule has 3 aromatic rings. The first-order valence-corrected chi connectivity index (χ1v) is 8.58. The summed E-state index contributed by atoms with van der Waals surface area (Å²) in [5, 5.41) is 8.83. The SMILES string of the molecule is Cc1cc(C)cc(OC(=O)c2ccccc2C(=O)Oc2ccc(C#N)cc2)c1. The Morgan fingerprint density at radius 3 is 1.75 bits per heavy atom. The molecule has 3 aromatic carbocycles. The summed E-state index contributed by atoms with van der Waals surface area (Å²) in [5.41, 5.74) is 2.60. The van der Waals surface area contributed by atoms with Gasteiger partial charge in [0, 0.05) is 0 Å². The second kappa shape index (κ2) is 8.19. The van der Waals surface area contributed by atoms with Gasteiger partial charge in [0.2, 0.25) is 0 Å². The van der Waals surface area contributed by atoms with Crippen LogP contribution >= 0.6 is 0 Å². The van der Waals surface area contributed by atoms with Gasteiger partial charge in [0.25, 0.3) is 0 Å². The van der Waals surface area contributed by atoms with Crippen molar-refractivity contribution in [3.8, 4) is 17.6 Å². The minimum absolute atomic E-state index is 0.0984. The number of benzene rings is 3. The Balaban J connectivity index is 1.82. The van der Waals surface area contributed by atoms with Gasteiger partial charge in [0.05, 0.1) is 22.8 Å². The molecule has 0 aliphatic carbocycles. The third-order valence-electron chi connectivity index (χ3n) is 3.97. The first-order valence-electron chi connectivity index (χ1n) is 8.58. The molecule has 0 bridgehead atoms. The van der Waals surface area contributed by atoms with Crippen LogP contribution in [0.4, 0.5) is 0 Å². The van der Waals surface area contributed by atoms with Gasteiger partial charge in [-0.2, -0.15) is 5.26 Å². The van der Waals surface area contributed by atoms with E-state index in [0.29, 0.717) is 11.3 Å². The van der Waals surface area contributed by atoms with Crippen molar-refractivity contribution in [2.75, 3.05) is 0 Å². The van der Waals surface area contributed by atoms with Crippen molar-refractivity contribution in [1.82, 2.24) is 0 Å². The maximum Gasteiger partial charge on any atom is 0.344 e. The van der Waals surface area contributed by atoms with Crippen molar-refractivity contribution in [3.05, 3.63) is 94.5 Å². The number of carbonyl (C=O) groups excluding carboxylic acids is 2. The summed E-state index contributed by atoms with van der Waals surface area (Å²) in [4.78, 5) is 25.2. The molecule has 5 nitrogen and oxygen atoms in total. The standard InChI is InChI=1S/C23H17NO4/c1-15-11-16(2)13-19(12-15)28-23(26)21-6-4-3-5-20(21)22(25)27-18-9-7-17(14-24)8-10-18/h3-13H,1-2H3. The van der Waals surface area contributed by atoms with Gasteiger partial charge in [0.15, 0.2) is 0 Å². The molecular formula is C23H17NO4. The number of rotatable bonds is 4. The predicted molar refractivity (Wildman–Crippen MR) is 103 cm³/mol. The largest absolute Gasteiger partial charge is 0.423 e. The Kier molecular flexibility index (Phi) is 5.52. The molecule has 0 aliphatic heterocycles. The van der Waals surface area contributed by atoms with Crippen LogP contribution in [-0.4, -0.2) is 11.9 Å². The lowest BCUT2D eigenvalue weighted by molar-refractivity contribution is 0.0692. The number of hydrogen-bond donors (Lipinski definition) is 0. The van der Waals surface area contributed by atoms with Gasteiger partial charge in [-0.1, -0.05) is 18.2 Å². The third kappa shape index (κ3) is 4.43. The predicted octanol–water partition coefficient (Wildman–Crippen LogP) is 4.61. The number of hydrogen-bond acceptors (Lipinski definition) is 5. The molecule has 5 heteroatoms. The Morgan fingerprint density at radius 1 is 0.750 bits per heavy atom. The summed E-state index contributed by atoms with van der Waals surface area (Å²) in [5.74, 6) is -0.630. The zero-order valence-electron chi connectivity index (χ0n) is 15.4. The fourth-order valence-corrected chi connectivity index (χ4v) is 2.75. The molecule has 0 saturated heterocycles. The quantitative estimate of drug-likeness (QED) is 0.494. The van der Waals surface area contributed by atoms with Gasteiger partial charge in [-0.25, -0.2) is 9.59 Å². The van der Waals surface area contributed by atoms with Crippen molar-refractivity contribution in [2.45, 2.75) is 13.8 Å². The molecule has 0 spiro atoms. The van der Waals surface area contributed by atoms with E-state index < -0.39 is 11.9 Å². The Bertz CT molecular complexity index is 1060. The molecule has 138 valence electrons. The first kappa shape index (κ1) is 18.9. The van der Waals surface area contributed by atoms with Crippen LogP contribution in [0.5, 0.6) is 11.5 Å². The summed E-state index contributed by atoms with van der Waals surface area (Å²) in [6.07, 6.45) is 0. The van der Waals surface area contributed by atoms with Crippen LogP contribution in [-0.2, 0) is 0 Å². The maximum atomic E-state index is 12.6. The highest BCUT2D eigenvalue weighted by Gasteiger charge is 2.20. The van der Waals surface area contributed by atoms with E-state index in [0.717, 1.165) is 11.1 Å². The molecular weight excluding hydrogens is 354 g/mol. The van der Waals surface area contributed by atoms with Gasteiger partial charge in [-0.15, -0.1) is 0 Å². The molecule has 28 heavy (non-hydrogen) atoms. The second-order valence-corrected chi connectivity index (χ2v) is 6.28. The minimum Gasteiger partial charge on any atom is -0.423 e. The lowest BCUT2D eigenvalue weighted by Crippen LogP contribution is -2.17. The van der Waals surface area contributed by atoms with Gasteiger partial charge >= 0.3 is 11.9 Å². The average Bonchev–Trinajstić information content (AvgIpc) is 2.67. The zero-order chi connectivity index (χ0) is 20.1. The molecule has 3 rings (SSSR count). The molecule has 0 heterocycles.